The smallest absolute Gasteiger partial charge is 0.305 e. The predicted molar refractivity (Wildman–Crippen MR) is 128 cm³/mol. The Kier molecular flexibility index (Phi) is 10.7. The molecule has 2 atom stereocenters. The molecule has 0 saturated heterocycles. The summed E-state index contributed by atoms with van der Waals surface area (Å²) in [5.74, 6) is -2.79. The van der Waals surface area contributed by atoms with E-state index in [-0.39, 0.29) is 13.1 Å². The lowest BCUT2D eigenvalue weighted by Gasteiger charge is -2.35. The lowest BCUT2D eigenvalue weighted by atomic mass is 9.85. The number of benzene rings is 1. The number of amides is 3. The van der Waals surface area contributed by atoms with Crippen LogP contribution in [0.5, 0.6) is 0 Å². The van der Waals surface area contributed by atoms with E-state index in [1.807, 2.05) is 13.8 Å². The number of nitrogens with two attached hydrogens (primary N) is 1. The van der Waals surface area contributed by atoms with Gasteiger partial charge in [-0.05, 0) is 42.0 Å². The molecule has 10 nitrogen and oxygen atoms in total. The van der Waals surface area contributed by atoms with Crippen molar-refractivity contribution in [3.63, 3.8) is 0 Å². The lowest BCUT2D eigenvalue weighted by Crippen LogP contribution is -2.56. The summed E-state index contributed by atoms with van der Waals surface area (Å²) in [7, 11) is 0. The van der Waals surface area contributed by atoms with Crippen molar-refractivity contribution in [3.05, 3.63) is 29.3 Å². The summed E-state index contributed by atoms with van der Waals surface area (Å²) in [6.07, 6.45) is 0.984. The number of hydrogen-bond donors (Lipinski definition) is 4. The van der Waals surface area contributed by atoms with Crippen molar-refractivity contribution < 1.29 is 29.1 Å². The molecule has 0 aliphatic rings. The number of aryl methyl sites for hydroxylation is 1. The van der Waals surface area contributed by atoms with E-state index in [1.165, 1.54) is 4.90 Å². The quantitative estimate of drug-likeness (QED) is 0.262. The number of anilines is 1. The largest absolute Gasteiger partial charge is 0.481 e. The zero-order valence-corrected chi connectivity index (χ0v) is 20.5. The number of nitrogen functional groups attached to an aromatic ring is 1. The van der Waals surface area contributed by atoms with E-state index in [2.05, 4.69) is 10.6 Å². The number of carboxylic acid groups (broad SMARTS) is 1. The molecule has 0 spiro atoms. The zero-order chi connectivity index (χ0) is 26.1. The summed E-state index contributed by atoms with van der Waals surface area (Å²) >= 11 is 0. The highest BCUT2D eigenvalue weighted by Crippen LogP contribution is 2.23. The van der Waals surface area contributed by atoms with Crippen LogP contribution in [0.1, 0.15) is 63.4 Å². The Bertz CT molecular complexity index is 909. The second-order valence-electron chi connectivity index (χ2n) is 9.21. The highest BCUT2D eigenvalue weighted by atomic mass is 16.4. The minimum atomic E-state index is -1.23. The van der Waals surface area contributed by atoms with Crippen molar-refractivity contribution in [3.8, 4) is 0 Å². The predicted octanol–water partition coefficient (Wildman–Crippen LogP) is 1.37. The van der Waals surface area contributed by atoms with E-state index in [4.69, 9.17) is 10.8 Å². The number of carbonyl (C=O) groups excluding carboxylic acids is 4. The first-order valence-electron chi connectivity index (χ1n) is 11.3. The second kappa shape index (κ2) is 12.7. The van der Waals surface area contributed by atoms with Crippen LogP contribution in [0, 0.1) is 5.41 Å². The number of carbonyl (C=O) groups is 5. The molecular formula is C24H36N4O6. The Morgan fingerprint density at radius 1 is 1.15 bits per heavy atom. The van der Waals surface area contributed by atoms with Crippen LogP contribution in [0.2, 0.25) is 0 Å². The zero-order valence-electron chi connectivity index (χ0n) is 20.5. The van der Waals surface area contributed by atoms with Gasteiger partial charge in [-0.1, -0.05) is 34.6 Å². The van der Waals surface area contributed by atoms with Gasteiger partial charge in [-0.3, -0.25) is 19.2 Å². The molecule has 3 amide bonds. The maximum absolute atomic E-state index is 13.4. The van der Waals surface area contributed by atoms with Crippen LogP contribution in [0.15, 0.2) is 18.2 Å². The molecule has 10 heteroatoms. The highest BCUT2D eigenvalue weighted by Gasteiger charge is 2.36. The van der Waals surface area contributed by atoms with Gasteiger partial charge in [-0.2, -0.15) is 0 Å². The first kappa shape index (κ1) is 28.6. The van der Waals surface area contributed by atoms with Crippen molar-refractivity contribution in [2.75, 3.05) is 18.8 Å². The van der Waals surface area contributed by atoms with E-state index in [1.54, 1.807) is 39.0 Å². The van der Waals surface area contributed by atoms with Crippen LogP contribution in [0.25, 0.3) is 0 Å². The van der Waals surface area contributed by atoms with Crippen molar-refractivity contribution in [2.24, 2.45) is 5.41 Å². The first-order valence-corrected chi connectivity index (χ1v) is 11.3. The van der Waals surface area contributed by atoms with Gasteiger partial charge in [0, 0.05) is 17.8 Å². The van der Waals surface area contributed by atoms with Gasteiger partial charge in [0.05, 0.1) is 19.0 Å². The lowest BCUT2D eigenvalue weighted by molar-refractivity contribution is -0.141. The number of aliphatic carboxylic acids is 1. The SMILES string of the molecule is CCCN(CC(=O)N[C@H](C=O)CC(=O)O)C(=O)C(NC(=O)c1ccc(N)c(CC)c1)C(C)(C)C. The van der Waals surface area contributed by atoms with Gasteiger partial charge in [0.15, 0.2) is 0 Å². The Morgan fingerprint density at radius 3 is 2.29 bits per heavy atom. The van der Waals surface area contributed by atoms with Gasteiger partial charge in [-0.15, -0.1) is 0 Å². The summed E-state index contributed by atoms with van der Waals surface area (Å²) in [5, 5.41) is 14.0. The molecule has 0 radical (unpaired) electrons. The molecule has 0 bridgehead atoms. The molecule has 0 aliphatic heterocycles. The average molecular weight is 477 g/mol. The molecule has 0 fully saturated rings. The van der Waals surface area contributed by atoms with Crippen LogP contribution >= 0.6 is 0 Å². The number of rotatable bonds is 12. The maximum atomic E-state index is 13.4. The fourth-order valence-electron chi connectivity index (χ4n) is 3.38. The molecule has 0 saturated carbocycles. The summed E-state index contributed by atoms with van der Waals surface area (Å²) in [6, 6.07) is 2.79. The van der Waals surface area contributed by atoms with Gasteiger partial charge in [-0.25, -0.2) is 0 Å². The molecule has 0 aromatic heterocycles. The standard InChI is InChI=1S/C24H36N4O6/c1-6-10-28(13-19(30)26-17(14-29)12-20(31)32)23(34)21(24(3,4)5)27-22(33)16-8-9-18(25)15(7-2)11-16/h8-9,11,14,17,21H,6-7,10,12-13,25H2,1-5H3,(H,26,30)(H,27,33)(H,31,32)/t17-,21?/m0/s1. The number of aldehydes is 1. The summed E-state index contributed by atoms with van der Waals surface area (Å²) in [5.41, 5.74) is 7.02. The van der Waals surface area contributed by atoms with Crippen LogP contribution in [-0.4, -0.2) is 65.2 Å². The van der Waals surface area contributed by atoms with Gasteiger partial charge in [0.1, 0.15) is 12.3 Å². The van der Waals surface area contributed by atoms with Gasteiger partial charge >= 0.3 is 5.97 Å². The number of nitrogens with zero attached hydrogens (tertiary/aromatic N) is 1. The molecule has 34 heavy (non-hydrogen) atoms. The van der Waals surface area contributed by atoms with E-state index < -0.39 is 47.6 Å². The minimum Gasteiger partial charge on any atom is -0.481 e. The molecule has 188 valence electrons. The average Bonchev–Trinajstić information content (AvgIpc) is 2.75. The van der Waals surface area contributed by atoms with E-state index in [9.17, 15) is 24.0 Å². The summed E-state index contributed by atoms with van der Waals surface area (Å²) in [4.78, 5) is 62.1. The Balaban J connectivity index is 3.08. The topological polar surface area (TPSA) is 159 Å². The van der Waals surface area contributed by atoms with E-state index in [0.29, 0.717) is 30.4 Å². The normalized spacial score (nSPS) is 12.9. The van der Waals surface area contributed by atoms with Crippen molar-refractivity contribution >= 4 is 35.7 Å². The maximum Gasteiger partial charge on any atom is 0.305 e. The van der Waals surface area contributed by atoms with Gasteiger partial charge in [0.25, 0.3) is 5.91 Å². The molecule has 1 aromatic rings. The third-order valence-corrected chi connectivity index (χ3v) is 5.22. The van der Waals surface area contributed by atoms with Crippen LogP contribution in [0.3, 0.4) is 0 Å². The van der Waals surface area contributed by atoms with Crippen LogP contribution in [-0.2, 0) is 25.6 Å². The molecule has 5 N–H and O–H groups in total. The molecule has 1 rings (SSSR count). The molecular weight excluding hydrogens is 440 g/mol. The van der Waals surface area contributed by atoms with Gasteiger partial charge in [0.2, 0.25) is 11.8 Å². The monoisotopic (exact) mass is 476 g/mol. The molecule has 0 heterocycles. The Hall–Kier alpha value is -3.43. The molecule has 1 unspecified atom stereocenters. The Morgan fingerprint density at radius 2 is 1.79 bits per heavy atom. The fourth-order valence-corrected chi connectivity index (χ4v) is 3.38. The minimum absolute atomic E-state index is 0.237. The number of hydrogen-bond acceptors (Lipinski definition) is 6. The third kappa shape index (κ3) is 8.49. The number of nitrogens with one attached hydrogen (secondary N) is 2. The van der Waals surface area contributed by atoms with Crippen molar-refractivity contribution in [1.29, 1.82) is 0 Å². The first-order chi connectivity index (χ1) is 15.8. The van der Waals surface area contributed by atoms with Crippen LogP contribution < -0.4 is 16.4 Å². The molecule has 1 aromatic carbocycles. The van der Waals surface area contributed by atoms with Crippen molar-refractivity contribution in [2.45, 2.75) is 66.0 Å². The van der Waals surface area contributed by atoms with E-state index in [0.717, 1.165) is 5.56 Å². The van der Waals surface area contributed by atoms with Crippen molar-refractivity contribution in [1.82, 2.24) is 15.5 Å². The second-order valence-corrected chi connectivity index (χ2v) is 9.21. The summed E-state index contributed by atoms with van der Waals surface area (Å²) < 4.78 is 0. The summed E-state index contributed by atoms with van der Waals surface area (Å²) in [6.45, 7) is 9.03. The van der Waals surface area contributed by atoms with Gasteiger partial charge < -0.3 is 31.2 Å². The fraction of sp³-hybridized carbons (Fsp3) is 0.542. The Labute approximate surface area is 200 Å². The van der Waals surface area contributed by atoms with E-state index >= 15 is 0 Å². The third-order valence-electron chi connectivity index (χ3n) is 5.22. The number of carboxylic acids is 1. The highest BCUT2D eigenvalue weighted by molar-refractivity contribution is 5.99. The van der Waals surface area contributed by atoms with Crippen LogP contribution in [0.4, 0.5) is 5.69 Å². The molecule has 0 aliphatic carbocycles.